The number of nitrogens with zero attached hydrogens (tertiary/aromatic N) is 2. The average molecular weight is 268 g/mol. The fourth-order valence-corrected chi connectivity index (χ4v) is 2.27. The molecular formula is C16H32N2O. The highest BCUT2D eigenvalue weighted by Crippen LogP contribution is 2.07. The lowest BCUT2D eigenvalue weighted by Gasteiger charge is -2.34. The summed E-state index contributed by atoms with van der Waals surface area (Å²) in [7, 11) is 2.17. The van der Waals surface area contributed by atoms with E-state index in [4.69, 9.17) is 4.74 Å². The van der Waals surface area contributed by atoms with Crippen molar-refractivity contribution < 1.29 is 4.74 Å². The zero-order chi connectivity index (χ0) is 14.7. The first-order chi connectivity index (χ1) is 9.11. The summed E-state index contributed by atoms with van der Waals surface area (Å²) in [6.07, 6.45) is 0.339. The van der Waals surface area contributed by atoms with Gasteiger partial charge in [0.25, 0.3) is 0 Å². The molecule has 1 fully saturated rings. The quantitative estimate of drug-likeness (QED) is 0.712. The predicted molar refractivity (Wildman–Crippen MR) is 83.3 cm³/mol. The first-order valence-electron chi connectivity index (χ1n) is 7.54. The van der Waals surface area contributed by atoms with Crippen LogP contribution in [0.2, 0.25) is 0 Å². The summed E-state index contributed by atoms with van der Waals surface area (Å²) in [5.41, 5.74) is 0. The van der Waals surface area contributed by atoms with Crippen molar-refractivity contribution in [2.24, 2.45) is 5.92 Å². The summed E-state index contributed by atoms with van der Waals surface area (Å²) in [6, 6.07) is 0. The van der Waals surface area contributed by atoms with Crippen molar-refractivity contribution in [1.29, 1.82) is 0 Å². The second-order valence-electron chi connectivity index (χ2n) is 5.27. The van der Waals surface area contributed by atoms with Gasteiger partial charge in [-0.1, -0.05) is 33.6 Å². The summed E-state index contributed by atoms with van der Waals surface area (Å²) in [6.45, 7) is 16.3. The molecule has 0 bridgehead atoms. The SMILES string of the molecule is CC.CC#CCN1CCOC(CN(C)CC(C)C)C1. The molecular weight excluding hydrogens is 236 g/mol. The highest BCUT2D eigenvalue weighted by Gasteiger charge is 2.21. The van der Waals surface area contributed by atoms with E-state index >= 15 is 0 Å². The number of likely N-dealkylation sites (N-methyl/N-ethyl adjacent to an activating group) is 1. The fraction of sp³-hybridized carbons (Fsp3) is 0.875. The lowest BCUT2D eigenvalue weighted by Crippen LogP contribution is -2.47. The summed E-state index contributed by atoms with van der Waals surface area (Å²) >= 11 is 0. The van der Waals surface area contributed by atoms with E-state index in [-0.39, 0.29) is 0 Å². The number of morpholine rings is 1. The van der Waals surface area contributed by atoms with Gasteiger partial charge >= 0.3 is 0 Å². The summed E-state index contributed by atoms with van der Waals surface area (Å²) in [5, 5.41) is 0. The largest absolute Gasteiger partial charge is 0.374 e. The van der Waals surface area contributed by atoms with Crippen LogP contribution in [0.5, 0.6) is 0 Å². The zero-order valence-corrected chi connectivity index (χ0v) is 13.7. The molecule has 0 saturated carbocycles. The topological polar surface area (TPSA) is 15.7 Å². The molecule has 19 heavy (non-hydrogen) atoms. The van der Waals surface area contributed by atoms with Crippen LogP contribution < -0.4 is 0 Å². The lowest BCUT2D eigenvalue weighted by atomic mass is 10.2. The number of ether oxygens (including phenoxy) is 1. The van der Waals surface area contributed by atoms with Gasteiger partial charge in [0.05, 0.1) is 19.3 Å². The summed E-state index contributed by atoms with van der Waals surface area (Å²) in [4.78, 5) is 4.75. The molecule has 0 aromatic rings. The third-order valence-corrected chi connectivity index (χ3v) is 2.89. The van der Waals surface area contributed by atoms with Gasteiger partial charge in [0.2, 0.25) is 0 Å². The van der Waals surface area contributed by atoms with Crippen LogP contribution in [0.15, 0.2) is 0 Å². The van der Waals surface area contributed by atoms with Crippen LogP contribution in [0.25, 0.3) is 0 Å². The molecule has 1 saturated heterocycles. The van der Waals surface area contributed by atoms with Crippen LogP contribution in [-0.4, -0.2) is 62.3 Å². The molecule has 1 aliphatic heterocycles. The third-order valence-electron chi connectivity index (χ3n) is 2.89. The van der Waals surface area contributed by atoms with Crippen molar-refractivity contribution in [2.45, 2.75) is 40.7 Å². The second kappa shape index (κ2) is 11.3. The molecule has 1 aliphatic rings. The van der Waals surface area contributed by atoms with Gasteiger partial charge < -0.3 is 9.64 Å². The lowest BCUT2D eigenvalue weighted by molar-refractivity contribution is -0.0373. The van der Waals surface area contributed by atoms with E-state index in [0.29, 0.717) is 12.0 Å². The van der Waals surface area contributed by atoms with Crippen molar-refractivity contribution in [1.82, 2.24) is 9.80 Å². The Bertz CT molecular complexity index is 268. The Morgan fingerprint density at radius 1 is 1.37 bits per heavy atom. The van der Waals surface area contributed by atoms with Gasteiger partial charge in [-0.2, -0.15) is 0 Å². The maximum Gasteiger partial charge on any atom is 0.0829 e. The van der Waals surface area contributed by atoms with E-state index in [1.54, 1.807) is 0 Å². The van der Waals surface area contributed by atoms with E-state index in [2.05, 4.69) is 42.5 Å². The van der Waals surface area contributed by atoms with Crippen molar-refractivity contribution in [3.63, 3.8) is 0 Å². The Balaban J connectivity index is 0.00000154. The molecule has 1 atom stereocenters. The van der Waals surface area contributed by atoms with E-state index in [1.807, 2.05) is 20.8 Å². The van der Waals surface area contributed by atoms with Gasteiger partial charge in [0.15, 0.2) is 0 Å². The van der Waals surface area contributed by atoms with Crippen molar-refractivity contribution >= 4 is 0 Å². The number of hydrogen-bond acceptors (Lipinski definition) is 3. The Kier molecular flexibility index (Phi) is 10.9. The zero-order valence-electron chi connectivity index (χ0n) is 13.7. The number of hydrogen-bond donors (Lipinski definition) is 0. The van der Waals surface area contributed by atoms with E-state index in [9.17, 15) is 0 Å². The van der Waals surface area contributed by atoms with Crippen LogP contribution in [0, 0.1) is 17.8 Å². The van der Waals surface area contributed by atoms with Crippen molar-refractivity contribution in [3.8, 4) is 11.8 Å². The molecule has 0 amide bonds. The standard InChI is InChI=1S/C14H26N2O.C2H6/c1-5-6-7-16-8-9-17-14(12-16)11-15(4)10-13(2)3;1-2/h13-14H,7-12H2,1-4H3;1-2H3. The minimum Gasteiger partial charge on any atom is -0.374 e. The molecule has 0 radical (unpaired) electrons. The minimum absolute atomic E-state index is 0.339. The fourth-order valence-electron chi connectivity index (χ4n) is 2.27. The Hall–Kier alpha value is -0.560. The highest BCUT2D eigenvalue weighted by molar-refractivity contribution is 4.98. The van der Waals surface area contributed by atoms with Crippen LogP contribution in [-0.2, 0) is 4.74 Å². The molecule has 0 spiro atoms. The Morgan fingerprint density at radius 2 is 2.05 bits per heavy atom. The van der Waals surface area contributed by atoms with Gasteiger partial charge in [-0.15, -0.1) is 5.92 Å². The van der Waals surface area contributed by atoms with Crippen LogP contribution >= 0.6 is 0 Å². The van der Waals surface area contributed by atoms with Gasteiger partial charge in [-0.05, 0) is 19.9 Å². The normalized spacial score (nSPS) is 19.7. The maximum absolute atomic E-state index is 5.81. The smallest absolute Gasteiger partial charge is 0.0829 e. The van der Waals surface area contributed by atoms with Gasteiger partial charge in [-0.3, -0.25) is 4.90 Å². The molecule has 1 heterocycles. The highest BCUT2D eigenvalue weighted by atomic mass is 16.5. The monoisotopic (exact) mass is 268 g/mol. The van der Waals surface area contributed by atoms with Crippen molar-refractivity contribution in [3.05, 3.63) is 0 Å². The average Bonchev–Trinajstić information content (AvgIpc) is 2.38. The minimum atomic E-state index is 0.339. The maximum atomic E-state index is 5.81. The summed E-state index contributed by atoms with van der Waals surface area (Å²) in [5.74, 6) is 6.80. The molecule has 1 unspecified atom stereocenters. The Morgan fingerprint density at radius 3 is 2.63 bits per heavy atom. The molecule has 0 aromatic carbocycles. The Labute approximate surface area is 120 Å². The van der Waals surface area contributed by atoms with Crippen LogP contribution in [0.4, 0.5) is 0 Å². The van der Waals surface area contributed by atoms with Gasteiger partial charge in [0.1, 0.15) is 0 Å². The molecule has 0 aromatic heterocycles. The second-order valence-corrected chi connectivity index (χ2v) is 5.27. The van der Waals surface area contributed by atoms with E-state index in [1.165, 1.54) is 0 Å². The summed E-state index contributed by atoms with van der Waals surface area (Å²) < 4.78 is 5.81. The molecule has 1 rings (SSSR count). The van der Waals surface area contributed by atoms with Gasteiger partial charge in [0, 0.05) is 26.2 Å². The molecule has 3 heteroatoms. The van der Waals surface area contributed by atoms with Crippen molar-refractivity contribution in [2.75, 3.05) is 46.4 Å². The third kappa shape index (κ3) is 9.04. The van der Waals surface area contributed by atoms with Crippen LogP contribution in [0.1, 0.15) is 34.6 Å². The van der Waals surface area contributed by atoms with E-state index < -0.39 is 0 Å². The first-order valence-corrected chi connectivity index (χ1v) is 7.54. The predicted octanol–water partition coefficient (Wildman–Crippen LogP) is 2.32. The number of rotatable bonds is 5. The molecule has 112 valence electrons. The van der Waals surface area contributed by atoms with Gasteiger partial charge in [-0.25, -0.2) is 0 Å². The molecule has 0 aliphatic carbocycles. The first kappa shape index (κ1) is 18.4. The van der Waals surface area contributed by atoms with E-state index in [0.717, 1.165) is 39.3 Å². The molecule has 3 nitrogen and oxygen atoms in total. The van der Waals surface area contributed by atoms with Crippen LogP contribution in [0.3, 0.4) is 0 Å². The molecule has 0 N–H and O–H groups in total.